The predicted octanol–water partition coefficient (Wildman–Crippen LogP) is 4.22. The Morgan fingerprint density at radius 3 is 2.50 bits per heavy atom. The summed E-state index contributed by atoms with van der Waals surface area (Å²) in [4.78, 5) is 25.4. The molecule has 2 N–H and O–H groups in total. The molecule has 0 aromatic heterocycles. The minimum Gasteiger partial charge on any atom is -0.496 e. The maximum absolute atomic E-state index is 13.1. The van der Waals surface area contributed by atoms with Crippen LogP contribution in [0.15, 0.2) is 78.0 Å². The summed E-state index contributed by atoms with van der Waals surface area (Å²) in [7, 11) is 1.57. The molecule has 6 heteroatoms. The van der Waals surface area contributed by atoms with Crippen molar-refractivity contribution in [2.45, 2.75) is 19.6 Å². The van der Waals surface area contributed by atoms with Crippen molar-refractivity contribution in [1.82, 2.24) is 10.6 Å². The topological polar surface area (TPSA) is 76.7 Å². The molecule has 0 saturated carbocycles. The molecule has 30 heavy (non-hydrogen) atoms. The number of ether oxygens (including phenoxy) is 2. The monoisotopic (exact) mass is 402 g/mol. The van der Waals surface area contributed by atoms with E-state index in [2.05, 4.69) is 10.6 Å². The highest BCUT2D eigenvalue weighted by molar-refractivity contribution is 5.98. The van der Waals surface area contributed by atoms with E-state index in [1.54, 1.807) is 14.0 Å². The summed E-state index contributed by atoms with van der Waals surface area (Å²) in [6.07, 6.45) is 0. The van der Waals surface area contributed by atoms with Crippen molar-refractivity contribution in [2.75, 3.05) is 7.11 Å². The zero-order valence-electron chi connectivity index (χ0n) is 16.8. The summed E-state index contributed by atoms with van der Waals surface area (Å²) in [6, 6.07) is 19.9. The lowest BCUT2D eigenvalue weighted by molar-refractivity contribution is -0.140. The van der Waals surface area contributed by atoms with Crippen molar-refractivity contribution in [1.29, 1.82) is 0 Å². The van der Waals surface area contributed by atoms with Crippen LogP contribution in [-0.4, -0.2) is 19.1 Å². The highest BCUT2D eigenvalue weighted by atomic mass is 16.5. The Morgan fingerprint density at radius 1 is 1.00 bits per heavy atom. The third-order valence-electron chi connectivity index (χ3n) is 5.14. The van der Waals surface area contributed by atoms with Gasteiger partial charge < -0.3 is 20.1 Å². The molecular weight excluding hydrogens is 380 g/mol. The average molecular weight is 402 g/mol. The van der Waals surface area contributed by atoms with E-state index in [-0.39, 0.29) is 12.6 Å². The maximum atomic E-state index is 13.1. The Morgan fingerprint density at radius 2 is 1.73 bits per heavy atom. The van der Waals surface area contributed by atoms with Gasteiger partial charge in [0, 0.05) is 11.3 Å². The lowest BCUT2D eigenvalue weighted by atomic mass is 9.90. The van der Waals surface area contributed by atoms with E-state index in [0.29, 0.717) is 17.0 Å². The second kappa shape index (κ2) is 8.29. The van der Waals surface area contributed by atoms with E-state index in [1.165, 1.54) is 0 Å². The first-order valence-electron chi connectivity index (χ1n) is 9.63. The molecule has 1 atom stereocenters. The second-order valence-corrected chi connectivity index (χ2v) is 7.03. The van der Waals surface area contributed by atoms with Gasteiger partial charge in [-0.2, -0.15) is 0 Å². The molecule has 0 radical (unpaired) electrons. The standard InChI is InChI=1S/C24H22N2O4/c1-15-20(23(27)30-14-16-8-4-3-5-9-16)22(26-24(28)25-15)21-18-11-7-6-10-17(18)12-13-19(21)29-2/h3-13,22H,14H2,1-2H3,(H2,25,26,28)/t22-/m0/s1. The Balaban J connectivity index is 1.76. The number of rotatable bonds is 5. The van der Waals surface area contributed by atoms with Crippen LogP contribution < -0.4 is 15.4 Å². The number of benzene rings is 3. The van der Waals surface area contributed by atoms with Crippen molar-refractivity contribution in [2.24, 2.45) is 0 Å². The van der Waals surface area contributed by atoms with Crippen LogP contribution in [0.2, 0.25) is 0 Å². The minimum atomic E-state index is -0.705. The minimum absolute atomic E-state index is 0.143. The van der Waals surface area contributed by atoms with Gasteiger partial charge in [0.25, 0.3) is 0 Å². The number of methoxy groups -OCH3 is 1. The number of nitrogens with one attached hydrogen (secondary N) is 2. The number of esters is 1. The lowest BCUT2D eigenvalue weighted by Gasteiger charge is -2.30. The molecule has 0 fully saturated rings. The van der Waals surface area contributed by atoms with Gasteiger partial charge in [0.05, 0.1) is 18.7 Å². The maximum Gasteiger partial charge on any atom is 0.338 e. The number of amides is 2. The Kier molecular flexibility index (Phi) is 5.39. The molecule has 2 amide bonds. The molecule has 3 aromatic rings. The molecule has 152 valence electrons. The van der Waals surface area contributed by atoms with Gasteiger partial charge in [-0.25, -0.2) is 9.59 Å². The van der Waals surface area contributed by atoms with E-state index in [0.717, 1.165) is 21.9 Å². The molecular formula is C24H22N2O4. The number of fused-ring (bicyclic) bond motifs is 1. The largest absolute Gasteiger partial charge is 0.496 e. The predicted molar refractivity (Wildman–Crippen MR) is 114 cm³/mol. The van der Waals surface area contributed by atoms with Gasteiger partial charge in [-0.1, -0.05) is 60.7 Å². The molecule has 3 aromatic carbocycles. The Labute approximate surface area is 174 Å². The van der Waals surface area contributed by atoms with Gasteiger partial charge in [0.1, 0.15) is 12.4 Å². The lowest BCUT2D eigenvalue weighted by Crippen LogP contribution is -2.45. The van der Waals surface area contributed by atoms with Crippen LogP contribution >= 0.6 is 0 Å². The third-order valence-corrected chi connectivity index (χ3v) is 5.14. The number of urea groups is 1. The van der Waals surface area contributed by atoms with Crippen molar-refractivity contribution < 1.29 is 19.1 Å². The summed E-state index contributed by atoms with van der Waals surface area (Å²) < 4.78 is 11.2. The van der Waals surface area contributed by atoms with Crippen molar-refractivity contribution in [3.8, 4) is 5.75 Å². The number of carbonyl (C=O) groups is 2. The third kappa shape index (κ3) is 3.72. The molecule has 4 rings (SSSR count). The molecule has 0 unspecified atom stereocenters. The van der Waals surface area contributed by atoms with Crippen LogP contribution in [0.1, 0.15) is 24.1 Å². The highest BCUT2D eigenvalue weighted by Crippen LogP contribution is 2.38. The zero-order chi connectivity index (χ0) is 21.1. The van der Waals surface area contributed by atoms with Crippen LogP contribution in [0, 0.1) is 0 Å². The van der Waals surface area contributed by atoms with E-state index < -0.39 is 12.0 Å². The number of hydrogen-bond acceptors (Lipinski definition) is 4. The zero-order valence-corrected chi connectivity index (χ0v) is 16.8. The first-order valence-corrected chi connectivity index (χ1v) is 9.63. The van der Waals surface area contributed by atoms with E-state index in [1.807, 2.05) is 66.7 Å². The molecule has 0 spiro atoms. The molecule has 0 saturated heterocycles. The smallest absolute Gasteiger partial charge is 0.338 e. The van der Waals surface area contributed by atoms with Crippen molar-refractivity contribution in [3.05, 3.63) is 89.1 Å². The van der Waals surface area contributed by atoms with Crippen molar-refractivity contribution >= 4 is 22.8 Å². The van der Waals surface area contributed by atoms with Gasteiger partial charge in [-0.05, 0) is 29.3 Å². The van der Waals surface area contributed by atoms with Crippen molar-refractivity contribution in [3.63, 3.8) is 0 Å². The van der Waals surface area contributed by atoms with Crippen LogP contribution in [-0.2, 0) is 16.1 Å². The normalized spacial score (nSPS) is 16.1. The second-order valence-electron chi connectivity index (χ2n) is 7.03. The molecule has 6 nitrogen and oxygen atoms in total. The van der Waals surface area contributed by atoms with Crippen LogP contribution in [0.3, 0.4) is 0 Å². The number of hydrogen-bond donors (Lipinski definition) is 2. The first-order chi connectivity index (χ1) is 14.6. The summed E-state index contributed by atoms with van der Waals surface area (Å²) in [5, 5.41) is 7.43. The average Bonchev–Trinajstić information content (AvgIpc) is 2.76. The number of carbonyl (C=O) groups excluding carboxylic acids is 2. The van der Waals surface area contributed by atoms with E-state index in [4.69, 9.17) is 9.47 Å². The van der Waals surface area contributed by atoms with E-state index >= 15 is 0 Å². The fraction of sp³-hybridized carbons (Fsp3) is 0.167. The Bertz CT molecular complexity index is 1140. The summed E-state index contributed by atoms with van der Waals surface area (Å²) in [5.74, 6) is 0.0888. The van der Waals surface area contributed by atoms with Gasteiger partial charge in [-0.15, -0.1) is 0 Å². The molecule has 1 aliphatic rings. The summed E-state index contributed by atoms with van der Waals surface area (Å²) in [5.41, 5.74) is 2.41. The van der Waals surface area contributed by atoms with E-state index in [9.17, 15) is 9.59 Å². The summed E-state index contributed by atoms with van der Waals surface area (Å²) >= 11 is 0. The van der Waals surface area contributed by atoms with Gasteiger partial charge in [0.2, 0.25) is 0 Å². The van der Waals surface area contributed by atoms with Crippen LogP contribution in [0.4, 0.5) is 4.79 Å². The SMILES string of the molecule is COc1ccc2ccccc2c1[C@H]1NC(=O)NC(C)=C1C(=O)OCc1ccccc1. The highest BCUT2D eigenvalue weighted by Gasteiger charge is 2.35. The first kappa shape index (κ1) is 19.5. The van der Waals surface area contributed by atoms with Gasteiger partial charge >= 0.3 is 12.0 Å². The van der Waals surface area contributed by atoms with Gasteiger partial charge in [0.15, 0.2) is 0 Å². The molecule has 0 bridgehead atoms. The fourth-order valence-electron chi connectivity index (χ4n) is 3.73. The quantitative estimate of drug-likeness (QED) is 0.627. The fourth-order valence-corrected chi connectivity index (χ4v) is 3.73. The molecule has 1 heterocycles. The van der Waals surface area contributed by atoms with Gasteiger partial charge in [-0.3, -0.25) is 0 Å². The molecule has 1 aliphatic heterocycles. The number of allylic oxidation sites excluding steroid dienone is 1. The molecule has 0 aliphatic carbocycles. The van der Waals surface area contributed by atoms with Crippen LogP contribution in [0.25, 0.3) is 10.8 Å². The Hall–Kier alpha value is -3.80. The summed E-state index contributed by atoms with van der Waals surface area (Å²) in [6.45, 7) is 1.84. The van der Waals surface area contributed by atoms with Crippen LogP contribution in [0.5, 0.6) is 5.75 Å².